The number of carbonyl (C=O) groups is 1. The van der Waals surface area contributed by atoms with Crippen molar-refractivity contribution >= 4 is 17.7 Å². The maximum atomic E-state index is 10.8. The zero-order valence-corrected chi connectivity index (χ0v) is 11.3. The lowest BCUT2D eigenvalue weighted by Gasteiger charge is -2.05. The van der Waals surface area contributed by atoms with Gasteiger partial charge in [-0.1, -0.05) is 30.8 Å². The lowest BCUT2D eigenvalue weighted by molar-refractivity contribution is 0.0693. The smallest absolute Gasteiger partial charge is 0.339 e. The van der Waals surface area contributed by atoms with Crippen molar-refractivity contribution in [2.24, 2.45) is 0 Å². The number of rotatable bonds is 4. The highest BCUT2D eigenvalue weighted by Gasteiger charge is 2.10. The Balaban J connectivity index is 2.18. The highest BCUT2D eigenvalue weighted by molar-refractivity contribution is 7.99. The molecule has 0 unspecified atom stereocenters. The van der Waals surface area contributed by atoms with E-state index in [4.69, 9.17) is 5.11 Å². The van der Waals surface area contributed by atoms with Gasteiger partial charge in [0.2, 0.25) is 0 Å². The van der Waals surface area contributed by atoms with Crippen LogP contribution in [-0.2, 0) is 6.42 Å². The summed E-state index contributed by atoms with van der Waals surface area (Å²) in [4.78, 5) is 12.7. The average Bonchev–Trinajstić information content (AvgIpc) is 2.39. The zero-order valence-electron chi connectivity index (χ0n) is 10.5. The van der Waals surface area contributed by atoms with E-state index in [1.54, 1.807) is 6.07 Å². The third-order valence-electron chi connectivity index (χ3n) is 2.77. The van der Waals surface area contributed by atoms with E-state index in [1.165, 1.54) is 29.5 Å². The van der Waals surface area contributed by atoms with Gasteiger partial charge in [0.15, 0.2) is 0 Å². The largest absolute Gasteiger partial charge is 0.507 e. The van der Waals surface area contributed by atoms with E-state index < -0.39 is 5.97 Å². The number of carboxylic acid groups (broad SMARTS) is 1. The second kappa shape index (κ2) is 5.80. The first kappa shape index (κ1) is 13.5. The topological polar surface area (TPSA) is 57.5 Å². The quantitative estimate of drug-likeness (QED) is 0.890. The lowest BCUT2D eigenvalue weighted by atomic mass is 10.2. The summed E-state index contributed by atoms with van der Waals surface area (Å²) in [6.45, 7) is 2.10. The summed E-state index contributed by atoms with van der Waals surface area (Å²) in [7, 11) is 0. The molecule has 19 heavy (non-hydrogen) atoms. The summed E-state index contributed by atoms with van der Waals surface area (Å²) in [5.74, 6) is -1.33. The SMILES string of the molecule is CCc1ccc(Sc2ccc(C(=O)O)c(O)c2)cc1. The van der Waals surface area contributed by atoms with Crippen LogP contribution in [0.25, 0.3) is 0 Å². The Kier molecular flexibility index (Phi) is 4.12. The van der Waals surface area contributed by atoms with Crippen LogP contribution in [0.15, 0.2) is 52.3 Å². The second-order valence-corrected chi connectivity index (χ2v) is 5.23. The Bertz CT molecular complexity index is 591. The molecule has 2 N–H and O–H groups in total. The van der Waals surface area contributed by atoms with Crippen LogP contribution < -0.4 is 0 Å². The molecular weight excluding hydrogens is 260 g/mol. The molecule has 0 aliphatic heterocycles. The van der Waals surface area contributed by atoms with Gasteiger partial charge in [-0.15, -0.1) is 0 Å². The summed E-state index contributed by atoms with van der Waals surface area (Å²) >= 11 is 1.49. The number of benzene rings is 2. The molecule has 2 rings (SSSR count). The molecule has 98 valence electrons. The van der Waals surface area contributed by atoms with Gasteiger partial charge in [-0.25, -0.2) is 4.79 Å². The van der Waals surface area contributed by atoms with Crippen LogP contribution in [0.5, 0.6) is 5.75 Å². The standard InChI is InChI=1S/C15H14O3S/c1-2-10-3-5-11(6-4-10)19-12-7-8-13(15(17)18)14(16)9-12/h3-9,16H,2H2,1H3,(H,17,18). The van der Waals surface area contributed by atoms with Crippen molar-refractivity contribution in [1.82, 2.24) is 0 Å². The van der Waals surface area contributed by atoms with Gasteiger partial charge in [-0.2, -0.15) is 0 Å². The summed E-state index contributed by atoms with van der Waals surface area (Å²) in [6, 6.07) is 12.8. The van der Waals surface area contributed by atoms with E-state index in [0.29, 0.717) is 0 Å². The van der Waals surface area contributed by atoms with Gasteiger partial charge in [0.05, 0.1) is 0 Å². The highest BCUT2D eigenvalue weighted by atomic mass is 32.2. The fourth-order valence-corrected chi connectivity index (χ4v) is 2.54. The molecule has 2 aromatic rings. The minimum Gasteiger partial charge on any atom is -0.507 e. The summed E-state index contributed by atoms with van der Waals surface area (Å²) in [5, 5.41) is 18.5. The summed E-state index contributed by atoms with van der Waals surface area (Å²) in [5.41, 5.74) is 1.19. The van der Waals surface area contributed by atoms with Gasteiger partial charge in [0.1, 0.15) is 11.3 Å². The number of aryl methyl sites for hydroxylation is 1. The van der Waals surface area contributed by atoms with Crippen molar-refractivity contribution in [2.45, 2.75) is 23.1 Å². The summed E-state index contributed by atoms with van der Waals surface area (Å²) < 4.78 is 0. The molecule has 0 aliphatic rings. The molecule has 0 radical (unpaired) electrons. The Morgan fingerprint density at radius 2 is 1.74 bits per heavy atom. The number of carboxylic acids is 1. The maximum absolute atomic E-state index is 10.8. The van der Waals surface area contributed by atoms with Crippen LogP contribution >= 0.6 is 11.8 Å². The fraction of sp³-hybridized carbons (Fsp3) is 0.133. The number of aromatic carboxylic acids is 1. The maximum Gasteiger partial charge on any atom is 0.339 e. The Hall–Kier alpha value is -1.94. The number of aromatic hydroxyl groups is 1. The van der Waals surface area contributed by atoms with E-state index in [-0.39, 0.29) is 11.3 Å². The molecule has 3 nitrogen and oxygen atoms in total. The first-order valence-electron chi connectivity index (χ1n) is 5.93. The predicted molar refractivity (Wildman–Crippen MR) is 75.0 cm³/mol. The Labute approximate surface area is 115 Å². The van der Waals surface area contributed by atoms with E-state index in [9.17, 15) is 9.90 Å². The van der Waals surface area contributed by atoms with Crippen molar-refractivity contribution in [1.29, 1.82) is 0 Å². The van der Waals surface area contributed by atoms with Crippen molar-refractivity contribution in [3.63, 3.8) is 0 Å². The van der Waals surface area contributed by atoms with Crippen LogP contribution in [-0.4, -0.2) is 16.2 Å². The van der Waals surface area contributed by atoms with Gasteiger partial charge < -0.3 is 10.2 Å². The highest BCUT2D eigenvalue weighted by Crippen LogP contribution is 2.31. The molecular formula is C15H14O3S. The van der Waals surface area contributed by atoms with Crippen LogP contribution in [0.1, 0.15) is 22.8 Å². The van der Waals surface area contributed by atoms with Crippen molar-refractivity contribution < 1.29 is 15.0 Å². The van der Waals surface area contributed by atoms with Crippen molar-refractivity contribution in [2.75, 3.05) is 0 Å². The van der Waals surface area contributed by atoms with Gasteiger partial charge in [-0.05, 0) is 42.3 Å². The molecule has 0 saturated heterocycles. The Morgan fingerprint density at radius 1 is 1.11 bits per heavy atom. The Morgan fingerprint density at radius 3 is 2.26 bits per heavy atom. The first-order valence-corrected chi connectivity index (χ1v) is 6.75. The number of hydrogen-bond acceptors (Lipinski definition) is 3. The number of phenols is 1. The third-order valence-corrected chi connectivity index (χ3v) is 3.76. The minimum atomic E-state index is -1.12. The molecule has 0 atom stereocenters. The molecule has 0 aliphatic carbocycles. The molecule has 0 saturated carbocycles. The van der Waals surface area contributed by atoms with E-state index >= 15 is 0 Å². The van der Waals surface area contributed by atoms with Gasteiger partial charge in [0.25, 0.3) is 0 Å². The zero-order chi connectivity index (χ0) is 13.8. The molecule has 0 spiro atoms. The molecule has 2 aromatic carbocycles. The van der Waals surface area contributed by atoms with Crippen LogP contribution in [0.3, 0.4) is 0 Å². The summed E-state index contributed by atoms with van der Waals surface area (Å²) in [6.07, 6.45) is 0.999. The van der Waals surface area contributed by atoms with Gasteiger partial charge in [-0.3, -0.25) is 0 Å². The van der Waals surface area contributed by atoms with Gasteiger partial charge in [0, 0.05) is 9.79 Å². The molecule has 0 fully saturated rings. The van der Waals surface area contributed by atoms with E-state index in [2.05, 4.69) is 19.1 Å². The molecule has 0 aromatic heterocycles. The van der Waals surface area contributed by atoms with Crippen LogP contribution in [0.2, 0.25) is 0 Å². The monoisotopic (exact) mass is 274 g/mol. The third kappa shape index (κ3) is 3.29. The molecule has 4 heteroatoms. The average molecular weight is 274 g/mol. The first-order chi connectivity index (χ1) is 9.10. The lowest BCUT2D eigenvalue weighted by Crippen LogP contribution is -1.96. The van der Waals surface area contributed by atoms with Gasteiger partial charge >= 0.3 is 5.97 Å². The van der Waals surface area contributed by atoms with E-state index in [0.717, 1.165) is 16.2 Å². The number of hydrogen-bond donors (Lipinski definition) is 2. The molecule has 0 amide bonds. The van der Waals surface area contributed by atoms with Crippen molar-refractivity contribution in [3.8, 4) is 5.75 Å². The normalized spacial score (nSPS) is 10.4. The minimum absolute atomic E-state index is 0.0781. The fourth-order valence-electron chi connectivity index (χ4n) is 1.69. The molecule has 0 heterocycles. The second-order valence-electron chi connectivity index (χ2n) is 4.08. The van der Waals surface area contributed by atoms with Crippen LogP contribution in [0.4, 0.5) is 0 Å². The van der Waals surface area contributed by atoms with Crippen molar-refractivity contribution in [3.05, 3.63) is 53.6 Å². The predicted octanol–water partition coefficient (Wildman–Crippen LogP) is 3.80. The van der Waals surface area contributed by atoms with Crippen LogP contribution in [0, 0.1) is 0 Å². The molecule has 0 bridgehead atoms. The van der Waals surface area contributed by atoms with E-state index in [1.807, 2.05) is 12.1 Å².